The molecule has 0 amide bonds. The summed E-state index contributed by atoms with van der Waals surface area (Å²) in [6.45, 7) is 0. The summed E-state index contributed by atoms with van der Waals surface area (Å²) in [5.41, 5.74) is 2.16. The van der Waals surface area contributed by atoms with Crippen molar-refractivity contribution in [1.82, 2.24) is 15.1 Å². The van der Waals surface area contributed by atoms with Crippen LogP contribution in [0.1, 0.15) is 17.3 Å². The Balaban J connectivity index is 2.39. The minimum atomic E-state index is 0.0564. The van der Waals surface area contributed by atoms with E-state index in [2.05, 4.69) is 40.9 Å². The average molecular weight is 282 g/mol. The standard InChI is InChI=1S/C13H16ClN3S/c1-15-12(13-11(14)8-16-17(13)2)9-4-6-10(18-3)7-5-9/h4-8,12,15H,1-3H3. The van der Waals surface area contributed by atoms with Gasteiger partial charge < -0.3 is 5.32 Å². The molecule has 0 aliphatic rings. The first-order valence-corrected chi connectivity index (χ1v) is 7.26. The van der Waals surface area contributed by atoms with E-state index < -0.39 is 0 Å². The lowest BCUT2D eigenvalue weighted by Gasteiger charge is -2.18. The molecule has 0 aliphatic heterocycles. The van der Waals surface area contributed by atoms with Crippen LogP contribution >= 0.6 is 23.4 Å². The minimum Gasteiger partial charge on any atom is -0.308 e. The Morgan fingerprint density at radius 2 is 2.00 bits per heavy atom. The highest BCUT2D eigenvalue weighted by atomic mass is 35.5. The Bertz CT molecular complexity index is 502. The molecule has 2 rings (SSSR count). The van der Waals surface area contributed by atoms with Crippen LogP contribution in [-0.4, -0.2) is 23.1 Å². The lowest BCUT2D eigenvalue weighted by molar-refractivity contribution is 0.606. The molecular formula is C13H16ClN3S. The number of hydrogen-bond donors (Lipinski definition) is 1. The van der Waals surface area contributed by atoms with Crippen LogP contribution in [0.2, 0.25) is 5.02 Å². The van der Waals surface area contributed by atoms with E-state index in [1.54, 1.807) is 18.0 Å². The predicted octanol–water partition coefficient (Wildman–Crippen LogP) is 3.10. The van der Waals surface area contributed by atoms with E-state index in [1.807, 2.05) is 18.8 Å². The molecule has 0 radical (unpaired) electrons. The highest BCUT2D eigenvalue weighted by molar-refractivity contribution is 7.98. The molecule has 1 heterocycles. The van der Waals surface area contributed by atoms with E-state index in [1.165, 1.54) is 10.5 Å². The molecule has 5 heteroatoms. The summed E-state index contributed by atoms with van der Waals surface area (Å²) in [6, 6.07) is 8.54. The summed E-state index contributed by atoms with van der Waals surface area (Å²) in [6.07, 6.45) is 3.75. The molecule has 0 fully saturated rings. The topological polar surface area (TPSA) is 29.9 Å². The lowest BCUT2D eigenvalue weighted by Crippen LogP contribution is -2.20. The number of benzene rings is 1. The zero-order chi connectivity index (χ0) is 13.1. The molecule has 1 aromatic carbocycles. The first-order valence-electron chi connectivity index (χ1n) is 5.66. The summed E-state index contributed by atoms with van der Waals surface area (Å²) >= 11 is 7.94. The molecule has 1 N–H and O–H groups in total. The molecule has 3 nitrogen and oxygen atoms in total. The van der Waals surface area contributed by atoms with E-state index in [0.29, 0.717) is 5.02 Å². The zero-order valence-corrected chi connectivity index (χ0v) is 12.2. The van der Waals surface area contributed by atoms with Crippen LogP contribution in [0.25, 0.3) is 0 Å². The van der Waals surface area contributed by atoms with Crippen LogP contribution < -0.4 is 5.32 Å². The van der Waals surface area contributed by atoms with Crippen molar-refractivity contribution < 1.29 is 0 Å². The van der Waals surface area contributed by atoms with Crippen LogP contribution in [0.5, 0.6) is 0 Å². The first-order chi connectivity index (χ1) is 8.67. The van der Waals surface area contributed by atoms with Crippen LogP contribution in [0.3, 0.4) is 0 Å². The van der Waals surface area contributed by atoms with Gasteiger partial charge in [0.25, 0.3) is 0 Å². The lowest BCUT2D eigenvalue weighted by atomic mass is 10.0. The normalized spacial score (nSPS) is 12.7. The molecule has 96 valence electrons. The molecule has 0 bridgehead atoms. The monoisotopic (exact) mass is 281 g/mol. The number of aromatic nitrogens is 2. The van der Waals surface area contributed by atoms with Gasteiger partial charge in [-0.25, -0.2) is 0 Å². The smallest absolute Gasteiger partial charge is 0.0837 e. The third kappa shape index (κ3) is 2.55. The molecule has 1 atom stereocenters. The highest BCUT2D eigenvalue weighted by Crippen LogP contribution is 2.28. The van der Waals surface area contributed by atoms with E-state index in [9.17, 15) is 0 Å². The fraction of sp³-hybridized carbons (Fsp3) is 0.308. The maximum Gasteiger partial charge on any atom is 0.0837 e. The van der Waals surface area contributed by atoms with Crippen molar-refractivity contribution in [2.75, 3.05) is 13.3 Å². The zero-order valence-electron chi connectivity index (χ0n) is 10.6. The van der Waals surface area contributed by atoms with Crippen molar-refractivity contribution >= 4 is 23.4 Å². The van der Waals surface area contributed by atoms with E-state index in [-0.39, 0.29) is 6.04 Å². The van der Waals surface area contributed by atoms with Crippen molar-refractivity contribution in [2.45, 2.75) is 10.9 Å². The van der Waals surface area contributed by atoms with Crippen LogP contribution in [-0.2, 0) is 7.05 Å². The fourth-order valence-electron chi connectivity index (χ4n) is 2.00. The number of nitrogens with zero attached hydrogens (tertiary/aromatic N) is 2. The van der Waals surface area contributed by atoms with Crippen molar-refractivity contribution in [2.24, 2.45) is 7.05 Å². The summed E-state index contributed by atoms with van der Waals surface area (Å²) in [4.78, 5) is 1.25. The summed E-state index contributed by atoms with van der Waals surface area (Å²) in [5, 5.41) is 8.16. The van der Waals surface area contributed by atoms with E-state index >= 15 is 0 Å². The molecule has 0 saturated heterocycles. The number of thioether (sulfide) groups is 1. The van der Waals surface area contributed by atoms with Gasteiger partial charge in [-0.1, -0.05) is 23.7 Å². The SMILES string of the molecule is CNC(c1ccc(SC)cc1)c1c(Cl)cnn1C. The Morgan fingerprint density at radius 1 is 1.33 bits per heavy atom. The van der Waals surface area contributed by atoms with Crippen molar-refractivity contribution in [3.63, 3.8) is 0 Å². The highest BCUT2D eigenvalue weighted by Gasteiger charge is 2.19. The summed E-state index contributed by atoms with van der Waals surface area (Å²) in [7, 11) is 3.83. The third-order valence-electron chi connectivity index (χ3n) is 2.95. The maximum absolute atomic E-state index is 6.20. The van der Waals surface area contributed by atoms with E-state index in [0.717, 1.165) is 5.69 Å². The fourth-order valence-corrected chi connectivity index (χ4v) is 2.69. The van der Waals surface area contributed by atoms with Crippen molar-refractivity contribution in [1.29, 1.82) is 0 Å². The van der Waals surface area contributed by atoms with Gasteiger partial charge in [0, 0.05) is 11.9 Å². The number of aryl methyl sites for hydroxylation is 1. The molecular weight excluding hydrogens is 266 g/mol. The molecule has 18 heavy (non-hydrogen) atoms. The number of halogens is 1. The van der Waals surface area contributed by atoms with Crippen LogP contribution in [0, 0.1) is 0 Å². The molecule has 0 saturated carbocycles. The minimum absolute atomic E-state index is 0.0564. The van der Waals surface area contributed by atoms with Gasteiger partial charge in [0.15, 0.2) is 0 Å². The van der Waals surface area contributed by atoms with Gasteiger partial charge in [-0.3, -0.25) is 4.68 Å². The largest absolute Gasteiger partial charge is 0.308 e. The Hall–Kier alpha value is -0.970. The van der Waals surface area contributed by atoms with Gasteiger partial charge >= 0.3 is 0 Å². The van der Waals surface area contributed by atoms with Gasteiger partial charge in [-0.2, -0.15) is 5.10 Å². The number of rotatable bonds is 4. The first kappa shape index (κ1) is 13.5. The molecule has 0 aliphatic carbocycles. The van der Waals surface area contributed by atoms with Gasteiger partial charge in [-0.05, 0) is 31.0 Å². The predicted molar refractivity (Wildman–Crippen MR) is 77.3 cm³/mol. The second-order valence-corrected chi connectivity index (χ2v) is 5.28. The van der Waals surface area contributed by atoms with Crippen LogP contribution in [0.15, 0.2) is 35.4 Å². The molecule has 2 aromatic rings. The average Bonchev–Trinajstić information content (AvgIpc) is 2.72. The molecule has 0 spiro atoms. The second-order valence-electron chi connectivity index (χ2n) is 4.00. The Kier molecular flexibility index (Phi) is 4.32. The summed E-state index contributed by atoms with van der Waals surface area (Å²) < 4.78 is 1.81. The van der Waals surface area contributed by atoms with Gasteiger partial charge in [0.2, 0.25) is 0 Å². The number of hydrogen-bond acceptors (Lipinski definition) is 3. The van der Waals surface area contributed by atoms with Gasteiger partial charge in [0.1, 0.15) is 0 Å². The maximum atomic E-state index is 6.20. The van der Waals surface area contributed by atoms with E-state index in [4.69, 9.17) is 11.6 Å². The van der Waals surface area contributed by atoms with Gasteiger partial charge in [-0.15, -0.1) is 11.8 Å². The third-order valence-corrected chi connectivity index (χ3v) is 3.98. The van der Waals surface area contributed by atoms with Crippen LogP contribution in [0.4, 0.5) is 0 Å². The van der Waals surface area contributed by atoms with Gasteiger partial charge in [0.05, 0.1) is 23.0 Å². The molecule has 1 unspecified atom stereocenters. The summed E-state index contributed by atoms with van der Waals surface area (Å²) in [5.74, 6) is 0. The Morgan fingerprint density at radius 3 is 2.44 bits per heavy atom. The van der Waals surface area contributed by atoms with Crippen molar-refractivity contribution in [3.8, 4) is 0 Å². The molecule has 1 aromatic heterocycles. The second kappa shape index (κ2) is 5.78. The quantitative estimate of drug-likeness (QED) is 0.874. The van der Waals surface area contributed by atoms with Crippen molar-refractivity contribution in [3.05, 3.63) is 46.7 Å². The number of nitrogens with one attached hydrogen (secondary N) is 1. The Labute approximate surface area is 117 Å².